The second-order valence-electron chi connectivity index (χ2n) is 8.23. The van der Waals surface area contributed by atoms with Crippen LogP contribution >= 0.6 is 0 Å². The molecular weight excluding hydrogens is 348 g/mol. The molecule has 0 spiro atoms. The van der Waals surface area contributed by atoms with Gasteiger partial charge in [0.25, 0.3) is 0 Å². The summed E-state index contributed by atoms with van der Waals surface area (Å²) < 4.78 is 0. The summed E-state index contributed by atoms with van der Waals surface area (Å²) in [5.74, 6) is 0.137. The van der Waals surface area contributed by atoms with E-state index in [1.165, 1.54) is 50.2 Å². The zero-order chi connectivity index (χ0) is 19.5. The van der Waals surface area contributed by atoms with Crippen molar-refractivity contribution in [3.05, 3.63) is 52.9 Å². The Hall–Kier alpha value is -2.49. The molecule has 1 aromatic carbocycles. The minimum absolute atomic E-state index is 0.456. The van der Waals surface area contributed by atoms with Crippen LogP contribution in [0, 0.1) is 0 Å². The molecule has 0 unspecified atom stereocenters. The Morgan fingerprint density at radius 3 is 2.39 bits per heavy atom. The van der Waals surface area contributed by atoms with Crippen LogP contribution in [0.5, 0.6) is 0 Å². The van der Waals surface area contributed by atoms with Gasteiger partial charge in [0.15, 0.2) is 0 Å². The van der Waals surface area contributed by atoms with Crippen molar-refractivity contribution in [3.8, 4) is 0 Å². The number of allylic oxidation sites excluding steroid dienone is 2. The first-order chi connectivity index (χ1) is 13.6. The molecule has 0 radical (unpaired) electrons. The lowest BCUT2D eigenvalue weighted by Gasteiger charge is -2.17. The summed E-state index contributed by atoms with van der Waals surface area (Å²) >= 11 is 0. The Morgan fingerprint density at radius 2 is 1.71 bits per heavy atom. The van der Waals surface area contributed by atoms with E-state index in [4.69, 9.17) is 15.1 Å². The van der Waals surface area contributed by atoms with Crippen LogP contribution in [0.25, 0.3) is 17.1 Å². The third kappa shape index (κ3) is 4.01. The highest BCUT2D eigenvalue weighted by Gasteiger charge is 2.25. The fourth-order valence-corrected chi connectivity index (χ4v) is 4.77. The van der Waals surface area contributed by atoms with E-state index in [1.54, 1.807) is 6.92 Å². The quantitative estimate of drug-likeness (QED) is 0.514. The van der Waals surface area contributed by atoms with Gasteiger partial charge >= 0.3 is 5.97 Å². The Bertz CT molecular complexity index is 933. The number of carbonyl (C=O) groups is 1. The van der Waals surface area contributed by atoms with Crippen LogP contribution in [0.4, 0.5) is 0 Å². The number of aromatic nitrogens is 2. The van der Waals surface area contributed by atoms with Crippen molar-refractivity contribution in [1.82, 2.24) is 9.97 Å². The molecule has 4 rings (SSSR count). The second-order valence-corrected chi connectivity index (χ2v) is 8.23. The van der Waals surface area contributed by atoms with Gasteiger partial charge < -0.3 is 5.11 Å². The molecule has 1 N–H and O–H groups in total. The van der Waals surface area contributed by atoms with Crippen molar-refractivity contribution in [1.29, 1.82) is 0 Å². The highest BCUT2D eigenvalue weighted by atomic mass is 16.4. The molecule has 0 amide bonds. The van der Waals surface area contributed by atoms with Gasteiger partial charge in [-0.25, -0.2) is 14.8 Å². The predicted molar refractivity (Wildman–Crippen MR) is 112 cm³/mol. The fraction of sp³-hybridized carbons (Fsp3) is 0.458. The number of benzene rings is 1. The van der Waals surface area contributed by atoms with E-state index in [1.807, 2.05) is 12.2 Å². The molecule has 146 valence electrons. The van der Waals surface area contributed by atoms with Gasteiger partial charge in [-0.15, -0.1) is 0 Å². The molecule has 2 aliphatic carbocycles. The molecule has 0 bridgehead atoms. The molecule has 0 saturated heterocycles. The zero-order valence-electron chi connectivity index (χ0n) is 16.5. The van der Waals surface area contributed by atoms with E-state index in [-0.39, 0.29) is 0 Å². The van der Waals surface area contributed by atoms with Crippen molar-refractivity contribution in [3.63, 3.8) is 0 Å². The van der Waals surface area contributed by atoms with Crippen LogP contribution in [0.1, 0.15) is 87.1 Å². The molecule has 4 nitrogen and oxygen atoms in total. The summed E-state index contributed by atoms with van der Waals surface area (Å²) in [6.07, 6.45) is 14.9. The van der Waals surface area contributed by atoms with Gasteiger partial charge in [0, 0.05) is 12.0 Å². The van der Waals surface area contributed by atoms with Crippen LogP contribution in [-0.2, 0) is 4.79 Å². The number of carboxylic acids is 1. The molecule has 1 heterocycles. The molecule has 4 heteroatoms. The highest BCUT2D eigenvalue weighted by molar-refractivity contribution is 5.82. The lowest BCUT2D eigenvalue weighted by Crippen LogP contribution is -2.06. The van der Waals surface area contributed by atoms with Crippen molar-refractivity contribution in [2.45, 2.75) is 70.1 Å². The molecule has 1 aromatic heterocycles. The summed E-state index contributed by atoms with van der Waals surface area (Å²) in [5, 5.41) is 8.95. The monoisotopic (exact) mass is 376 g/mol. The van der Waals surface area contributed by atoms with Gasteiger partial charge in [-0.3, -0.25) is 0 Å². The molecular formula is C24H28N2O2. The first-order valence-corrected chi connectivity index (χ1v) is 10.5. The predicted octanol–water partition coefficient (Wildman–Crippen LogP) is 5.99. The smallest absolute Gasteiger partial charge is 0.328 e. The lowest BCUT2D eigenvalue weighted by molar-refractivity contribution is -0.131. The van der Waals surface area contributed by atoms with Crippen LogP contribution in [0.15, 0.2) is 35.9 Å². The Labute approximate surface area is 166 Å². The van der Waals surface area contributed by atoms with Gasteiger partial charge in [0.1, 0.15) is 0 Å². The number of hydrogen-bond donors (Lipinski definition) is 1. The molecule has 2 aromatic rings. The summed E-state index contributed by atoms with van der Waals surface area (Å²) in [4.78, 5) is 21.1. The average Bonchev–Trinajstić information content (AvgIpc) is 3.38. The lowest BCUT2D eigenvalue weighted by atomic mass is 9.95. The standard InChI is InChI=1S/C24H28N2O2/c1-16(15-22(27)28)13-14-21-23(18-9-4-5-10-18)26-24-19(17-7-2-3-8-17)11-6-12-20(24)25-21/h6,11-15,17-18H,2-5,7-10H2,1H3,(H,27,28)/b14-13+,16-15+. The van der Waals surface area contributed by atoms with Gasteiger partial charge in [-0.2, -0.15) is 0 Å². The minimum atomic E-state index is -0.927. The number of rotatable bonds is 5. The van der Waals surface area contributed by atoms with Gasteiger partial charge in [0.2, 0.25) is 0 Å². The highest BCUT2D eigenvalue weighted by Crippen LogP contribution is 2.39. The molecule has 2 saturated carbocycles. The molecule has 0 aliphatic heterocycles. The summed E-state index contributed by atoms with van der Waals surface area (Å²) in [5.41, 5.74) is 6.07. The summed E-state index contributed by atoms with van der Waals surface area (Å²) in [6.45, 7) is 1.80. The van der Waals surface area contributed by atoms with E-state index >= 15 is 0 Å². The van der Waals surface area contributed by atoms with Gasteiger partial charge in [-0.1, -0.05) is 43.9 Å². The summed E-state index contributed by atoms with van der Waals surface area (Å²) in [6, 6.07) is 6.39. The number of nitrogens with zero attached hydrogens (tertiary/aromatic N) is 2. The van der Waals surface area contributed by atoms with Crippen LogP contribution in [-0.4, -0.2) is 21.0 Å². The Kier molecular flexibility index (Phi) is 5.56. The van der Waals surface area contributed by atoms with E-state index in [2.05, 4.69) is 18.2 Å². The first-order valence-electron chi connectivity index (χ1n) is 10.5. The van der Waals surface area contributed by atoms with Gasteiger partial charge in [0.05, 0.1) is 22.4 Å². The van der Waals surface area contributed by atoms with Crippen LogP contribution in [0.2, 0.25) is 0 Å². The SMILES string of the molecule is CC(/C=C/c1nc2cccc(C3CCCC3)c2nc1C1CCCC1)=C\C(=O)O. The fourth-order valence-electron chi connectivity index (χ4n) is 4.77. The van der Waals surface area contributed by atoms with Crippen LogP contribution in [0.3, 0.4) is 0 Å². The molecule has 2 aliphatic rings. The third-order valence-corrected chi connectivity index (χ3v) is 6.17. The molecule has 0 atom stereocenters. The number of hydrogen-bond acceptors (Lipinski definition) is 3. The molecule has 2 fully saturated rings. The third-order valence-electron chi connectivity index (χ3n) is 6.17. The Balaban J connectivity index is 1.80. The second kappa shape index (κ2) is 8.26. The van der Waals surface area contributed by atoms with Crippen molar-refractivity contribution in [2.24, 2.45) is 0 Å². The number of fused-ring (bicyclic) bond motifs is 1. The topological polar surface area (TPSA) is 63.1 Å². The van der Waals surface area contributed by atoms with Gasteiger partial charge in [-0.05, 0) is 61.8 Å². The number of para-hydroxylation sites is 1. The first kappa shape index (κ1) is 18.9. The van der Waals surface area contributed by atoms with E-state index in [0.29, 0.717) is 17.4 Å². The average molecular weight is 377 g/mol. The maximum absolute atomic E-state index is 10.9. The normalized spacial score (nSPS) is 19.2. The van der Waals surface area contributed by atoms with E-state index in [0.717, 1.165) is 35.3 Å². The van der Waals surface area contributed by atoms with Crippen molar-refractivity contribution < 1.29 is 9.90 Å². The van der Waals surface area contributed by atoms with E-state index in [9.17, 15) is 4.79 Å². The number of carboxylic acid groups (broad SMARTS) is 1. The van der Waals surface area contributed by atoms with E-state index < -0.39 is 5.97 Å². The van der Waals surface area contributed by atoms with Crippen molar-refractivity contribution in [2.75, 3.05) is 0 Å². The molecule has 28 heavy (non-hydrogen) atoms. The Morgan fingerprint density at radius 1 is 1.04 bits per heavy atom. The summed E-state index contributed by atoms with van der Waals surface area (Å²) in [7, 11) is 0. The largest absolute Gasteiger partial charge is 0.478 e. The zero-order valence-corrected chi connectivity index (χ0v) is 16.5. The minimum Gasteiger partial charge on any atom is -0.478 e. The maximum Gasteiger partial charge on any atom is 0.328 e. The van der Waals surface area contributed by atoms with Crippen LogP contribution < -0.4 is 0 Å². The van der Waals surface area contributed by atoms with Crippen molar-refractivity contribution >= 4 is 23.1 Å². The maximum atomic E-state index is 10.9. The number of aliphatic carboxylic acids is 1.